The molecule has 0 radical (unpaired) electrons. The van der Waals surface area contributed by atoms with Crippen molar-refractivity contribution in [2.24, 2.45) is 0 Å². The van der Waals surface area contributed by atoms with E-state index in [1.807, 2.05) is 19.0 Å². The summed E-state index contributed by atoms with van der Waals surface area (Å²) in [6.45, 7) is 1.21. The molecule has 30 heavy (non-hydrogen) atoms. The topological polar surface area (TPSA) is 66.0 Å². The number of pyridine rings is 1. The van der Waals surface area contributed by atoms with E-state index in [0.717, 1.165) is 18.2 Å². The summed E-state index contributed by atoms with van der Waals surface area (Å²) < 4.78 is 54.2. The van der Waals surface area contributed by atoms with Crippen molar-refractivity contribution in [2.45, 2.75) is 6.18 Å². The average molecular weight is 420 g/mol. The van der Waals surface area contributed by atoms with Crippen LogP contribution in [0.2, 0.25) is 0 Å². The van der Waals surface area contributed by atoms with Gasteiger partial charge in [0.05, 0.1) is 16.9 Å². The van der Waals surface area contributed by atoms with Crippen molar-refractivity contribution in [3.05, 3.63) is 60.2 Å². The van der Waals surface area contributed by atoms with Gasteiger partial charge >= 0.3 is 6.18 Å². The van der Waals surface area contributed by atoms with Crippen molar-refractivity contribution in [1.29, 1.82) is 0 Å². The standard InChI is InChI=1S/C20H20F4N6/c1-30(2)11-10-26-19-27-16(13-6-8-25-9-7-13)12-17(29-19)28-18-14(20(22,23)24)4-3-5-15(18)21/h3-9,12H,10-11H2,1-2H3,(H2,26,27,28,29). The van der Waals surface area contributed by atoms with Crippen LogP contribution < -0.4 is 10.6 Å². The zero-order chi connectivity index (χ0) is 21.7. The Kier molecular flexibility index (Phi) is 6.46. The molecule has 0 saturated heterocycles. The number of nitrogens with zero attached hydrogens (tertiary/aromatic N) is 4. The van der Waals surface area contributed by atoms with Crippen LogP contribution >= 0.6 is 0 Å². The van der Waals surface area contributed by atoms with Gasteiger partial charge < -0.3 is 15.5 Å². The number of hydrogen-bond donors (Lipinski definition) is 2. The molecular formula is C20H20F4N6. The zero-order valence-corrected chi connectivity index (χ0v) is 16.3. The number of aromatic nitrogens is 3. The molecule has 2 aromatic heterocycles. The van der Waals surface area contributed by atoms with Crippen LogP contribution in [-0.4, -0.2) is 47.0 Å². The summed E-state index contributed by atoms with van der Waals surface area (Å²) in [5.74, 6) is -0.797. The maximum Gasteiger partial charge on any atom is 0.418 e. The van der Waals surface area contributed by atoms with Crippen molar-refractivity contribution in [3.63, 3.8) is 0 Å². The van der Waals surface area contributed by atoms with Crippen molar-refractivity contribution in [3.8, 4) is 11.3 Å². The first kappa shape index (κ1) is 21.4. The van der Waals surface area contributed by atoms with E-state index in [2.05, 4.69) is 25.6 Å². The second-order valence-corrected chi connectivity index (χ2v) is 6.71. The Morgan fingerprint density at radius 1 is 1.03 bits per heavy atom. The Balaban J connectivity index is 2.00. The summed E-state index contributed by atoms with van der Waals surface area (Å²) in [6.07, 6.45) is -1.58. The van der Waals surface area contributed by atoms with E-state index in [-0.39, 0.29) is 11.8 Å². The third kappa shape index (κ3) is 5.41. The minimum Gasteiger partial charge on any atom is -0.353 e. The summed E-state index contributed by atoms with van der Waals surface area (Å²) in [4.78, 5) is 14.5. The molecule has 0 atom stereocenters. The van der Waals surface area contributed by atoms with Crippen LogP contribution in [0.5, 0.6) is 0 Å². The lowest BCUT2D eigenvalue weighted by atomic mass is 10.1. The van der Waals surface area contributed by atoms with Crippen molar-refractivity contribution < 1.29 is 17.6 Å². The monoisotopic (exact) mass is 420 g/mol. The SMILES string of the molecule is CN(C)CCNc1nc(Nc2c(F)cccc2C(F)(F)F)cc(-c2ccncc2)n1. The number of para-hydroxylation sites is 1. The molecule has 0 aliphatic carbocycles. The molecule has 2 heterocycles. The average Bonchev–Trinajstić information content (AvgIpc) is 2.69. The molecule has 0 fully saturated rings. The first-order valence-electron chi connectivity index (χ1n) is 9.05. The highest BCUT2D eigenvalue weighted by atomic mass is 19.4. The fourth-order valence-electron chi connectivity index (χ4n) is 2.67. The lowest BCUT2D eigenvalue weighted by Crippen LogP contribution is -2.21. The second-order valence-electron chi connectivity index (χ2n) is 6.71. The Bertz CT molecular complexity index is 992. The highest BCUT2D eigenvalue weighted by molar-refractivity contribution is 5.69. The number of alkyl halides is 3. The minimum atomic E-state index is -4.72. The largest absolute Gasteiger partial charge is 0.418 e. The maximum atomic E-state index is 14.2. The fraction of sp³-hybridized carbons (Fsp3) is 0.250. The summed E-state index contributed by atoms with van der Waals surface area (Å²) in [6, 6.07) is 7.66. The predicted octanol–water partition coefficient (Wildman–Crippen LogP) is 4.41. The molecule has 3 rings (SSSR count). The molecule has 158 valence electrons. The predicted molar refractivity (Wildman–Crippen MR) is 107 cm³/mol. The van der Waals surface area contributed by atoms with Gasteiger partial charge in [0.2, 0.25) is 5.95 Å². The van der Waals surface area contributed by atoms with Gasteiger partial charge in [-0.25, -0.2) is 9.37 Å². The summed E-state index contributed by atoms with van der Waals surface area (Å²) >= 11 is 0. The minimum absolute atomic E-state index is 0.0276. The maximum absolute atomic E-state index is 14.2. The van der Waals surface area contributed by atoms with Crippen LogP contribution in [-0.2, 0) is 6.18 Å². The first-order valence-corrected chi connectivity index (χ1v) is 9.05. The number of nitrogens with one attached hydrogen (secondary N) is 2. The number of anilines is 3. The Morgan fingerprint density at radius 2 is 1.77 bits per heavy atom. The van der Waals surface area contributed by atoms with Gasteiger partial charge in [-0.15, -0.1) is 0 Å². The molecular weight excluding hydrogens is 400 g/mol. The molecule has 2 N–H and O–H groups in total. The number of hydrogen-bond acceptors (Lipinski definition) is 6. The molecule has 0 aliphatic heterocycles. The van der Waals surface area contributed by atoms with Gasteiger partial charge in [0.25, 0.3) is 0 Å². The van der Waals surface area contributed by atoms with E-state index in [9.17, 15) is 17.6 Å². The number of likely N-dealkylation sites (N-methyl/N-ethyl adjacent to an activating group) is 1. The van der Waals surface area contributed by atoms with E-state index < -0.39 is 23.2 Å². The molecule has 1 aromatic carbocycles. The molecule has 0 saturated carbocycles. The highest BCUT2D eigenvalue weighted by Crippen LogP contribution is 2.37. The third-order valence-corrected chi connectivity index (χ3v) is 4.12. The van der Waals surface area contributed by atoms with Crippen LogP contribution in [0.4, 0.5) is 35.0 Å². The van der Waals surface area contributed by atoms with Gasteiger partial charge in [0.1, 0.15) is 11.6 Å². The highest BCUT2D eigenvalue weighted by Gasteiger charge is 2.35. The van der Waals surface area contributed by atoms with Crippen molar-refractivity contribution >= 4 is 17.5 Å². The van der Waals surface area contributed by atoms with Gasteiger partial charge in [-0.3, -0.25) is 4.98 Å². The normalized spacial score (nSPS) is 11.6. The molecule has 3 aromatic rings. The molecule has 0 unspecified atom stereocenters. The van der Waals surface area contributed by atoms with E-state index in [1.165, 1.54) is 6.07 Å². The van der Waals surface area contributed by atoms with Crippen LogP contribution in [0.15, 0.2) is 48.8 Å². The second kappa shape index (κ2) is 9.04. The summed E-state index contributed by atoms with van der Waals surface area (Å²) in [5, 5.41) is 5.52. The van der Waals surface area contributed by atoms with Gasteiger partial charge in [0, 0.05) is 37.1 Å². The van der Waals surface area contributed by atoms with E-state index in [1.54, 1.807) is 24.5 Å². The molecule has 0 aliphatic rings. The van der Waals surface area contributed by atoms with E-state index >= 15 is 0 Å². The smallest absolute Gasteiger partial charge is 0.353 e. The van der Waals surface area contributed by atoms with Crippen LogP contribution in [0.25, 0.3) is 11.3 Å². The van der Waals surface area contributed by atoms with E-state index in [0.29, 0.717) is 24.3 Å². The molecule has 6 nitrogen and oxygen atoms in total. The van der Waals surface area contributed by atoms with Gasteiger partial charge in [-0.05, 0) is 38.4 Å². The lowest BCUT2D eigenvalue weighted by molar-refractivity contribution is -0.137. The third-order valence-electron chi connectivity index (χ3n) is 4.12. The fourth-order valence-corrected chi connectivity index (χ4v) is 2.67. The van der Waals surface area contributed by atoms with Crippen molar-refractivity contribution in [1.82, 2.24) is 19.9 Å². The lowest BCUT2D eigenvalue weighted by Gasteiger charge is -2.16. The van der Waals surface area contributed by atoms with Crippen molar-refractivity contribution in [2.75, 3.05) is 37.8 Å². The molecule has 0 amide bonds. The Hall–Kier alpha value is -3.27. The summed E-state index contributed by atoms with van der Waals surface area (Å²) in [7, 11) is 3.81. The number of halogens is 4. The Morgan fingerprint density at radius 3 is 2.43 bits per heavy atom. The molecule has 0 bridgehead atoms. The van der Waals surface area contributed by atoms with Gasteiger partial charge in [-0.1, -0.05) is 6.07 Å². The van der Waals surface area contributed by atoms with Gasteiger partial charge in [0.15, 0.2) is 0 Å². The van der Waals surface area contributed by atoms with E-state index in [4.69, 9.17) is 0 Å². The number of rotatable bonds is 7. The molecule has 0 spiro atoms. The Labute approximate surface area is 171 Å². The van der Waals surface area contributed by atoms with Crippen LogP contribution in [0.3, 0.4) is 0 Å². The first-order chi connectivity index (χ1) is 14.2. The van der Waals surface area contributed by atoms with Crippen LogP contribution in [0, 0.1) is 5.82 Å². The summed E-state index contributed by atoms with van der Waals surface area (Å²) in [5.41, 5.74) is -0.667. The number of benzene rings is 1. The van der Waals surface area contributed by atoms with Gasteiger partial charge in [-0.2, -0.15) is 18.2 Å². The quantitative estimate of drug-likeness (QED) is 0.552. The van der Waals surface area contributed by atoms with Crippen LogP contribution in [0.1, 0.15) is 5.56 Å². The zero-order valence-electron chi connectivity index (χ0n) is 16.3. The molecule has 10 heteroatoms.